The van der Waals surface area contributed by atoms with Crippen molar-refractivity contribution < 1.29 is 4.74 Å². The lowest BCUT2D eigenvalue weighted by molar-refractivity contribution is 0.0137. The number of alkyl halides is 1. The highest BCUT2D eigenvalue weighted by Crippen LogP contribution is 2.13. The van der Waals surface area contributed by atoms with Crippen LogP contribution in [-0.2, 0) is 4.74 Å². The molecule has 3 unspecified atom stereocenters. The van der Waals surface area contributed by atoms with Crippen molar-refractivity contribution >= 4 is 15.9 Å². The lowest BCUT2D eigenvalue weighted by atomic mass is 10.2. The second-order valence-electron chi connectivity index (χ2n) is 4.57. The fourth-order valence-corrected chi connectivity index (χ4v) is 2.19. The van der Waals surface area contributed by atoms with Crippen molar-refractivity contribution in [3.05, 3.63) is 0 Å². The van der Waals surface area contributed by atoms with Crippen molar-refractivity contribution in [2.45, 2.75) is 39.4 Å². The largest absolute Gasteiger partial charge is 0.374 e. The van der Waals surface area contributed by atoms with Crippen LogP contribution in [0.1, 0.15) is 27.2 Å². The lowest BCUT2D eigenvalue weighted by Gasteiger charge is -2.24. The summed E-state index contributed by atoms with van der Waals surface area (Å²) in [5.74, 6) is 0.732. The van der Waals surface area contributed by atoms with E-state index in [0.29, 0.717) is 12.2 Å². The molecule has 1 saturated heterocycles. The van der Waals surface area contributed by atoms with Crippen LogP contribution in [0.25, 0.3) is 0 Å². The maximum atomic E-state index is 5.80. The van der Waals surface area contributed by atoms with Crippen LogP contribution in [-0.4, -0.2) is 42.1 Å². The summed E-state index contributed by atoms with van der Waals surface area (Å²) in [6.07, 6.45) is 1.98. The van der Waals surface area contributed by atoms with Crippen molar-refractivity contribution in [1.82, 2.24) is 4.90 Å². The standard InChI is InChI=1S/C11H22BrNO/c1-9(6-12)7-13-5-4-10(2)14-11(3)8-13/h9-11H,4-8H2,1-3H3. The van der Waals surface area contributed by atoms with Crippen molar-refractivity contribution in [2.75, 3.05) is 25.0 Å². The maximum absolute atomic E-state index is 5.80. The molecule has 3 atom stereocenters. The molecule has 0 radical (unpaired) electrons. The van der Waals surface area contributed by atoms with E-state index in [4.69, 9.17) is 4.74 Å². The van der Waals surface area contributed by atoms with E-state index < -0.39 is 0 Å². The molecule has 0 aliphatic carbocycles. The van der Waals surface area contributed by atoms with Gasteiger partial charge in [0, 0.05) is 25.0 Å². The van der Waals surface area contributed by atoms with Crippen molar-refractivity contribution in [3.63, 3.8) is 0 Å². The topological polar surface area (TPSA) is 12.5 Å². The second kappa shape index (κ2) is 6.09. The smallest absolute Gasteiger partial charge is 0.0677 e. The Labute approximate surface area is 96.1 Å². The predicted octanol–water partition coefficient (Wildman–Crippen LogP) is 2.52. The van der Waals surface area contributed by atoms with Gasteiger partial charge in [-0.2, -0.15) is 0 Å². The minimum Gasteiger partial charge on any atom is -0.374 e. The lowest BCUT2D eigenvalue weighted by Crippen LogP contribution is -2.34. The van der Waals surface area contributed by atoms with Gasteiger partial charge in [0.05, 0.1) is 12.2 Å². The molecule has 0 spiro atoms. The molecule has 0 aromatic heterocycles. The number of halogens is 1. The predicted molar refractivity (Wildman–Crippen MR) is 64.0 cm³/mol. The van der Waals surface area contributed by atoms with Gasteiger partial charge in [-0.05, 0) is 26.2 Å². The molecule has 2 nitrogen and oxygen atoms in total. The number of ether oxygens (including phenoxy) is 1. The molecule has 0 amide bonds. The quantitative estimate of drug-likeness (QED) is 0.726. The fraction of sp³-hybridized carbons (Fsp3) is 1.00. The number of hydrogen-bond donors (Lipinski definition) is 0. The van der Waals surface area contributed by atoms with Crippen LogP contribution in [0.5, 0.6) is 0 Å². The Balaban J connectivity index is 2.37. The summed E-state index contributed by atoms with van der Waals surface area (Å²) in [5.41, 5.74) is 0. The minimum atomic E-state index is 0.384. The molecule has 0 aromatic carbocycles. The summed E-state index contributed by atoms with van der Waals surface area (Å²) in [7, 11) is 0. The van der Waals surface area contributed by atoms with Crippen molar-refractivity contribution in [3.8, 4) is 0 Å². The van der Waals surface area contributed by atoms with Crippen LogP contribution in [0.4, 0.5) is 0 Å². The number of hydrogen-bond acceptors (Lipinski definition) is 2. The van der Waals surface area contributed by atoms with E-state index in [1.165, 1.54) is 19.5 Å². The van der Waals surface area contributed by atoms with E-state index in [9.17, 15) is 0 Å². The fourth-order valence-electron chi connectivity index (χ4n) is 1.98. The Morgan fingerprint density at radius 1 is 1.43 bits per heavy atom. The molecule has 1 heterocycles. The minimum absolute atomic E-state index is 0.384. The molecular weight excluding hydrogens is 242 g/mol. The zero-order chi connectivity index (χ0) is 10.6. The van der Waals surface area contributed by atoms with Crippen molar-refractivity contribution in [2.24, 2.45) is 5.92 Å². The molecule has 0 saturated carbocycles. The highest BCUT2D eigenvalue weighted by Gasteiger charge is 2.20. The van der Waals surface area contributed by atoms with Gasteiger partial charge in [-0.25, -0.2) is 0 Å². The van der Waals surface area contributed by atoms with E-state index in [1.807, 2.05) is 0 Å². The Morgan fingerprint density at radius 3 is 2.79 bits per heavy atom. The Morgan fingerprint density at radius 2 is 2.14 bits per heavy atom. The molecule has 14 heavy (non-hydrogen) atoms. The van der Waals surface area contributed by atoms with Gasteiger partial charge in [-0.15, -0.1) is 0 Å². The summed E-state index contributed by atoms with van der Waals surface area (Å²) >= 11 is 3.53. The average Bonchev–Trinajstić information content (AvgIpc) is 2.27. The Bertz CT molecular complexity index is 163. The van der Waals surface area contributed by atoms with Gasteiger partial charge in [0.2, 0.25) is 0 Å². The van der Waals surface area contributed by atoms with Gasteiger partial charge < -0.3 is 9.64 Å². The third kappa shape index (κ3) is 4.28. The first-order chi connectivity index (χ1) is 6.61. The van der Waals surface area contributed by atoms with Crippen molar-refractivity contribution in [1.29, 1.82) is 0 Å². The van der Waals surface area contributed by atoms with Gasteiger partial charge in [0.1, 0.15) is 0 Å². The monoisotopic (exact) mass is 263 g/mol. The third-order valence-electron chi connectivity index (χ3n) is 2.67. The second-order valence-corrected chi connectivity index (χ2v) is 5.21. The first-order valence-electron chi connectivity index (χ1n) is 5.55. The molecular formula is C11H22BrNO. The first kappa shape index (κ1) is 12.5. The molecule has 84 valence electrons. The number of nitrogens with zero attached hydrogens (tertiary/aromatic N) is 1. The zero-order valence-electron chi connectivity index (χ0n) is 9.50. The van der Waals surface area contributed by atoms with Crippen LogP contribution >= 0.6 is 15.9 Å². The van der Waals surface area contributed by atoms with Crippen LogP contribution < -0.4 is 0 Å². The molecule has 1 fully saturated rings. The molecule has 3 heteroatoms. The van der Waals surface area contributed by atoms with E-state index >= 15 is 0 Å². The van der Waals surface area contributed by atoms with Gasteiger partial charge in [-0.3, -0.25) is 0 Å². The third-order valence-corrected chi connectivity index (χ3v) is 3.77. The molecule has 0 bridgehead atoms. The van der Waals surface area contributed by atoms with Crippen LogP contribution in [0.2, 0.25) is 0 Å². The van der Waals surface area contributed by atoms with Crippen LogP contribution in [0, 0.1) is 5.92 Å². The van der Waals surface area contributed by atoms with Gasteiger partial charge in [-0.1, -0.05) is 22.9 Å². The molecule has 1 aliphatic rings. The SMILES string of the molecule is CC(CBr)CN1CCC(C)OC(C)C1. The summed E-state index contributed by atoms with van der Waals surface area (Å²) in [6, 6.07) is 0. The summed E-state index contributed by atoms with van der Waals surface area (Å²) in [4.78, 5) is 2.53. The zero-order valence-corrected chi connectivity index (χ0v) is 11.1. The highest BCUT2D eigenvalue weighted by atomic mass is 79.9. The molecule has 0 aromatic rings. The summed E-state index contributed by atoms with van der Waals surface area (Å²) < 4.78 is 5.80. The van der Waals surface area contributed by atoms with Gasteiger partial charge in [0.25, 0.3) is 0 Å². The van der Waals surface area contributed by atoms with Crippen LogP contribution in [0.3, 0.4) is 0 Å². The van der Waals surface area contributed by atoms with E-state index in [0.717, 1.165) is 17.8 Å². The number of rotatable bonds is 3. The van der Waals surface area contributed by atoms with Gasteiger partial charge >= 0.3 is 0 Å². The maximum Gasteiger partial charge on any atom is 0.0677 e. The highest BCUT2D eigenvalue weighted by molar-refractivity contribution is 9.09. The first-order valence-corrected chi connectivity index (χ1v) is 6.67. The average molecular weight is 264 g/mol. The van der Waals surface area contributed by atoms with Gasteiger partial charge in [0.15, 0.2) is 0 Å². The van der Waals surface area contributed by atoms with E-state index in [1.54, 1.807) is 0 Å². The summed E-state index contributed by atoms with van der Waals surface area (Å²) in [6.45, 7) is 10.1. The molecule has 1 rings (SSSR count). The molecule has 0 N–H and O–H groups in total. The van der Waals surface area contributed by atoms with E-state index in [-0.39, 0.29) is 0 Å². The Kier molecular flexibility index (Phi) is 5.42. The normalized spacial score (nSPS) is 32.6. The molecule has 1 aliphatic heterocycles. The van der Waals surface area contributed by atoms with E-state index in [2.05, 4.69) is 41.6 Å². The van der Waals surface area contributed by atoms with Crippen LogP contribution in [0.15, 0.2) is 0 Å². The summed E-state index contributed by atoms with van der Waals surface area (Å²) in [5, 5.41) is 1.09. The Hall–Kier alpha value is 0.400.